The molecule has 0 amide bonds. The van der Waals surface area contributed by atoms with Gasteiger partial charge in [0.05, 0.1) is 10.3 Å². The second kappa shape index (κ2) is 6.06. The molecule has 0 saturated carbocycles. The summed E-state index contributed by atoms with van der Waals surface area (Å²) in [6.07, 6.45) is 0.960. The van der Waals surface area contributed by atoms with Crippen molar-refractivity contribution in [1.29, 1.82) is 0 Å². The highest BCUT2D eigenvalue weighted by Crippen LogP contribution is 2.32. The molecule has 21 heavy (non-hydrogen) atoms. The fourth-order valence-electron chi connectivity index (χ4n) is 2.68. The van der Waals surface area contributed by atoms with E-state index in [-0.39, 0.29) is 11.8 Å². The molecule has 1 aliphatic rings. The second-order valence-corrected chi connectivity index (χ2v) is 7.85. The van der Waals surface area contributed by atoms with Gasteiger partial charge in [-0.05, 0) is 47.3 Å². The Morgan fingerprint density at radius 1 is 1.52 bits per heavy atom. The third kappa shape index (κ3) is 2.86. The quantitative estimate of drug-likeness (QED) is 0.829. The van der Waals surface area contributed by atoms with Gasteiger partial charge in [-0.3, -0.25) is 4.57 Å². The standard InChI is InChI=1S/C14H18BrN3O2S/c1-3-17-13(12-9(2)6-7-20-12)16-18(14(17)19)8-10-4-5-11(15)21-10/h4-5,9,12H,3,6-8H2,1-2H3/t9-,12+/m1/s1. The maximum Gasteiger partial charge on any atom is 0.346 e. The van der Waals surface area contributed by atoms with Gasteiger partial charge in [0.25, 0.3) is 0 Å². The van der Waals surface area contributed by atoms with Crippen molar-refractivity contribution in [3.05, 3.63) is 37.1 Å². The Kier molecular flexibility index (Phi) is 4.33. The molecule has 114 valence electrons. The predicted molar refractivity (Wildman–Crippen MR) is 85.8 cm³/mol. The maximum atomic E-state index is 12.5. The van der Waals surface area contributed by atoms with Gasteiger partial charge in [0.1, 0.15) is 6.10 Å². The van der Waals surface area contributed by atoms with Gasteiger partial charge < -0.3 is 4.74 Å². The molecule has 0 N–H and O–H groups in total. The molecule has 3 rings (SSSR count). The lowest BCUT2D eigenvalue weighted by Crippen LogP contribution is -2.25. The van der Waals surface area contributed by atoms with Gasteiger partial charge in [0.2, 0.25) is 0 Å². The van der Waals surface area contributed by atoms with Crippen LogP contribution in [0.3, 0.4) is 0 Å². The molecular weight excluding hydrogens is 354 g/mol. The Labute approximate surface area is 135 Å². The van der Waals surface area contributed by atoms with Gasteiger partial charge in [-0.15, -0.1) is 11.3 Å². The minimum Gasteiger partial charge on any atom is -0.370 e. The van der Waals surface area contributed by atoms with Crippen molar-refractivity contribution in [1.82, 2.24) is 14.3 Å². The Morgan fingerprint density at radius 3 is 2.90 bits per heavy atom. The number of aromatic nitrogens is 3. The lowest BCUT2D eigenvalue weighted by Gasteiger charge is -2.13. The SMILES string of the molecule is CCn1c([C@H]2OCC[C@H]2C)nn(Cc2ccc(Br)s2)c1=O. The highest BCUT2D eigenvalue weighted by Gasteiger charge is 2.31. The number of hydrogen-bond donors (Lipinski definition) is 0. The van der Waals surface area contributed by atoms with E-state index in [0.29, 0.717) is 19.0 Å². The van der Waals surface area contributed by atoms with Crippen molar-refractivity contribution in [2.45, 2.75) is 39.5 Å². The average molecular weight is 372 g/mol. The molecule has 1 aliphatic heterocycles. The summed E-state index contributed by atoms with van der Waals surface area (Å²) in [6, 6.07) is 4.01. The van der Waals surface area contributed by atoms with E-state index in [4.69, 9.17) is 4.74 Å². The monoisotopic (exact) mass is 371 g/mol. The van der Waals surface area contributed by atoms with E-state index in [0.717, 1.165) is 27.5 Å². The highest BCUT2D eigenvalue weighted by atomic mass is 79.9. The van der Waals surface area contributed by atoms with Crippen molar-refractivity contribution in [3.63, 3.8) is 0 Å². The van der Waals surface area contributed by atoms with E-state index >= 15 is 0 Å². The topological polar surface area (TPSA) is 49.0 Å². The molecule has 3 heterocycles. The molecule has 0 aromatic carbocycles. The van der Waals surface area contributed by atoms with Gasteiger partial charge in [0, 0.05) is 18.0 Å². The van der Waals surface area contributed by atoms with Crippen LogP contribution in [0.4, 0.5) is 0 Å². The van der Waals surface area contributed by atoms with Crippen LogP contribution in [0.5, 0.6) is 0 Å². The highest BCUT2D eigenvalue weighted by molar-refractivity contribution is 9.11. The fourth-order valence-corrected chi connectivity index (χ4v) is 4.14. The van der Waals surface area contributed by atoms with Crippen LogP contribution in [0.25, 0.3) is 0 Å². The maximum absolute atomic E-state index is 12.5. The summed E-state index contributed by atoms with van der Waals surface area (Å²) in [4.78, 5) is 13.6. The van der Waals surface area contributed by atoms with Crippen LogP contribution in [0.15, 0.2) is 20.7 Å². The summed E-state index contributed by atoms with van der Waals surface area (Å²) < 4.78 is 10.1. The number of hydrogen-bond acceptors (Lipinski definition) is 4. The average Bonchev–Trinajstić information content (AvgIpc) is 3.12. The zero-order valence-electron chi connectivity index (χ0n) is 12.1. The lowest BCUT2D eigenvalue weighted by molar-refractivity contribution is 0.0836. The first-order valence-corrected chi connectivity index (χ1v) is 8.74. The second-order valence-electron chi connectivity index (χ2n) is 5.31. The molecular formula is C14H18BrN3O2S. The normalized spacial score (nSPS) is 22.0. The van der Waals surface area contributed by atoms with Crippen molar-refractivity contribution < 1.29 is 4.74 Å². The van der Waals surface area contributed by atoms with Crippen LogP contribution in [-0.2, 0) is 17.8 Å². The van der Waals surface area contributed by atoms with Gasteiger partial charge in [-0.25, -0.2) is 9.48 Å². The third-order valence-corrected chi connectivity index (χ3v) is 5.45. The zero-order valence-corrected chi connectivity index (χ0v) is 14.5. The molecule has 0 aliphatic carbocycles. The van der Waals surface area contributed by atoms with Crippen LogP contribution in [0.2, 0.25) is 0 Å². The molecule has 0 unspecified atom stereocenters. The zero-order chi connectivity index (χ0) is 15.0. The number of ether oxygens (including phenoxy) is 1. The Balaban J connectivity index is 1.95. The first-order chi connectivity index (χ1) is 10.1. The van der Waals surface area contributed by atoms with Crippen molar-refractivity contribution >= 4 is 27.3 Å². The van der Waals surface area contributed by atoms with Crippen LogP contribution in [-0.4, -0.2) is 21.0 Å². The van der Waals surface area contributed by atoms with Crippen molar-refractivity contribution in [2.75, 3.05) is 6.61 Å². The first-order valence-electron chi connectivity index (χ1n) is 7.13. The Morgan fingerprint density at radius 2 is 2.33 bits per heavy atom. The molecule has 0 radical (unpaired) electrons. The van der Waals surface area contributed by atoms with Gasteiger partial charge >= 0.3 is 5.69 Å². The van der Waals surface area contributed by atoms with E-state index in [1.165, 1.54) is 0 Å². The van der Waals surface area contributed by atoms with Crippen LogP contribution < -0.4 is 5.69 Å². The van der Waals surface area contributed by atoms with Crippen LogP contribution >= 0.6 is 27.3 Å². The summed E-state index contributed by atoms with van der Waals surface area (Å²) in [7, 11) is 0. The van der Waals surface area contributed by atoms with Crippen molar-refractivity contribution in [2.24, 2.45) is 5.92 Å². The number of thiophene rings is 1. The summed E-state index contributed by atoms with van der Waals surface area (Å²) in [5, 5.41) is 4.55. The van der Waals surface area contributed by atoms with E-state index in [9.17, 15) is 4.79 Å². The van der Waals surface area contributed by atoms with Gasteiger partial charge in [-0.1, -0.05) is 6.92 Å². The number of halogens is 1. The van der Waals surface area contributed by atoms with E-state index in [1.807, 2.05) is 19.1 Å². The predicted octanol–water partition coefficient (Wildman–Crippen LogP) is 3.03. The largest absolute Gasteiger partial charge is 0.370 e. The molecule has 7 heteroatoms. The smallest absolute Gasteiger partial charge is 0.346 e. The van der Waals surface area contributed by atoms with Gasteiger partial charge in [-0.2, -0.15) is 5.10 Å². The van der Waals surface area contributed by atoms with E-state index in [1.54, 1.807) is 20.6 Å². The van der Waals surface area contributed by atoms with Crippen LogP contribution in [0, 0.1) is 5.92 Å². The fraction of sp³-hybridized carbons (Fsp3) is 0.571. The van der Waals surface area contributed by atoms with E-state index < -0.39 is 0 Å². The molecule has 0 spiro atoms. The summed E-state index contributed by atoms with van der Waals surface area (Å²) in [5.41, 5.74) is -0.0558. The Bertz CT molecular complexity index is 691. The summed E-state index contributed by atoms with van der Waals surface area (Å²) in [5.74, 6) is 1.17. The molecule has 2 atom stereocenters. The van der Waals surface area contributed by atoms with Crippen LogP contribution in [0.1, 0.15) is 37.1 Å². The van der Waals surface area contributed by atoms with Gasteiger partial charge in [0.15, 0.2) is 5.82 Å². The molecule has 1 saturated heterocycles. The number of nitrogens with zero attached hydrogens (tertiary/aromatic N) is 3. The Hall–Kier alpha value is -0.920. The molecule has 2 aromatic heterocycles. The summed E-state index contributed by atoms with van der Waals surface area (Å²) >= 11 is 5.07. The van der Waals surface area contributed by atoms with E-state index in [2.05, 4.69) is 28.0 Å². The minimum absolute atomic E-state index is 0.0558. The molecule has 0 bridgehead atoms. The molecule has 5 nitrogen and oxygen atoms in total. The lowest BCUT2D eigenvalue weighted by atomic mass is 10.0. The van der Waals surface area contributed by atoms with Crippen molar-refractivity contribution in [3.8, 4) is 0 Å². The summed E-state index contributed by atoms with van der Waals surface area (Å²) in [6.45, 7) is 6.00. The first kappa shape index (κ1) is 15.0. The number of rotatable bonds is 4. The third-order valence-electron chi connectivity index (χ3n) is 3.84. The molecule has 2 aromatic rings. The molecule has 1 fully saturated rings. The minimum atomic E-state index is -0.0611.